The Morgan fingerprint density at radius 2 is 2.00 bits per heavy atom. The van der Waals surface area contributed by atoms with E-state index in [0.717, 1.165) is 11.1 Å². The van der Waals surface area contributed by atoms with E-state index in [-0.39, 0.29) is 32.0 Å². The molecule has 0 unspecified atom stereocenters. The Balaban J connectivity index is 1.45. The van der Waals surface area contributed by atoms with Gasteiger partial charge in [0.2, 0.25) is 11.8 Å². The number of amides is 4. The summed E-state index contributed by atoms with van der Waals surface area (Å²) in [6.07, 6.45) is -0.00840. The second-order valence-corrected chi connectivity index (χ2v) is 8.75. The maximum absolute atomic E-state index is 13.2. The normalized spacial score (nSPS) is 21.4. The molecular formula is C24H25N3O7. The lowest BCUT2D eigenvalue weighted by molar-refractivity contribution is -0.127. The molecule has 4 amide bonds. The molecule has 2 aromatic rings. The molecule has 1 N–H and O–H groups in total. The third-order valence-electron chi connectivity index (χ3n) is 6.69. The maximum Gasteiger partial charge on any atom is 0.410 e. The molecule has 3 aliphatic heterocycles. The summed E-state index contributed by atoms with van der Waals surface area (Å²) in [6, 6.07) is 7.08. The summed E-state index contributed by atoms with van der Waals surface area (Å²) in [5, 5.41) is 2.38. The minimum absolute atomic E-state index is 0.00557. The van der Waals surface area contributed by atoms with Crippen LogP contribution < -0.4 is 10.1 Å². The summed E-state index contributed by atoms with van der Waals surface area (Å²) in [5.74, 6) is 0.313. The molecule has 34 heavy (non-hydrogen) atoms. The molecule has 1 atom stereocenters. The molecule has 0 radical (unpaired) electrons. The van der Waals surface area contributed by atoms with E-state index in [1.807, 2.05) is 6.07 Å². The van der Waals surface area contributed by atoms with Gasteiger partial charge in [-0.2, -0.15) is 0 Å². The number of imide groups is 1. The number of fused-ring (bicyclic) bond motifs is 2. The van der Waals surface area contributed by atoms with Gasteiger partial charge in [0, 0.05) is 25.2 Å². The number of ether oxygens (including phenoxy) is 2. The third-order valence-corrected chi connectivity index (χ3v) is 6.69. The van der Waals surface area contributed by atoms with E-state index in [0.29, 0.717) is 42.3 Å². The zero-order valence-corrected chi connectivity index (χ0v) is 19.0. The first kappa shape index (κ1) is 22.0. The van der Waals surface area contributed by atoms with Crippen LogP contribution in [0.2, 0.25) is 0 Å². The van der Waals surface area contributed by atoms with Crippen LogP contribution in [0.3, 0.4) is 0 Å². The molecule has 0 aliphatic carbocycles. The molecule has 0 bridgehead atoms. The van der Waals surface area contributed by atoms with Gasteiger partial charge in [-0.1, -0.05) is 6.07 Å². The van der Waals surface area contributed by atoms with Gasteiger partial charge in [0.15, 0.2) is 0 Å². The highest BCUT2D eigenvalue weighted by molar-refractivity contribution is 6.09. The molecule has 10 nitrogen and oxygen atoms in total. The Morgan fingerprint density at radius 3 is 2.71 bits per heavy atom. The molecular weight excluding hydrogens is 442 g/mol. The zero-order chi connectivity index (χ0) is 24.0. The van der Waals surface area contributed by atoms with Crippen molar-refractivity contribution < 1.29 is 33.1 Å². The summed E-state index contributed by atoms with van der Waals surface area (Å²) < 4.78 is 16.4. The van der Waals surface area contributed by atoms with Crippen molar-refractivity contribution in [1.29, 1.82) is 0 Å². The van der Waals surface area contributed by atoms with Crippen molar-refractivity contribution in [2.75, 3.05) is 26.8 Å². The van der Waals surface area contributed by atoms with E-state index in [1.54, 1.807) is 34.9 Å². The maximum atomic E-state index is 13.2. The first-order chi connectivity index (χ1) is 16.3. The van der Waals surface area contributed by atoms with Crippen molar-refractivity contribution in [3.8, 4) is 5.75 Å². The first-order valence-electron chi connectivity index (χ1n) is 11.2. The van der Waals surface area contributed by atoms with Gasteiger partial charge in [-0.15, -0.1) is 0 Å². The average molecular weight is 467 g/mol. The van der Waals surface area contributed by atoms with Crippen LogP contribution in [0, 0.1) is 0 Å². The van der Waals surface area contributed by atoms with Gasteiger partial charge in [0.1, 0.15) is 22.7 Å². The standard InChI is InChI=1S/C24H25N3O7/c1-3-33-23(31)26-7-6-14-8-19(34-18(14)12-26)24(10-20(28)25-22(24)30)13-27-11-15-4-5-16(32-2)9-17(15)21(27)29/h4-5,8-9H,3,6-7,10-13H2,1-2H3,(H,25,28,30)/t24-/m1/s1. The molecule has 1 saturated heterocycles. The second-order valence-electron chi connectivity index (χ2n) is 8.75. The molecule has 1 aromatic carbocycles. The predicted molar refractivity (Wildman–Crippen MR) is 117 cm³/mol. The van der Waals surface area contributed by atoms with E-state index in [9.17, 15) is 19.2 Å². The smallest absolute Gasteiger partial charge is 0.410 e. The minimum atomic E-state index is -1.34. The lowest BCUT2D eigenvalue weighted by atomic mass is 9.82. The fourth-order valence-corrected chi connectivity index (χ4v) is 4.90. The average Bonchev–Trinajstić information content (AvgIpc) is 3.47. The zero-order valence-electron chi connectivity index (χ0n) is 19.0. The quantitative estimate of drug-likeness (QED) is 0.666. The summed E-state index contributed by atoms with van der Waals surface area (Å²) >= 11 is 0. The van der Waals surface area contributed by atoms with Crippen molar-refractivity contribution >= 4 is 23.8 Å². The monoisotopic (exact) mass is 467 g/mol. The van der Waals surface area contributed by atoms with Gasteiger partial charge >= 0.3 is 6.09 Å². The fourth-order valence-electron chi connectivity index (χ4n) is 4.90. The van der Waals surface area contributed by atoms with Crippen molar-refractivity contribution in [3.05, 3.63) is 52.5 Å². The number of hydrogen-bond donors (Lipinski definition) is 1. The molecule has 3 aliphatic rings. The number of carbonyl (C=O) groups is 4. The summed E-state index contributed by atoms with van der Waals surface area (Å²) in [5.41, 5.74) is 0.880. The van der Waals surface area contributed by atoms with Gasteiger partial charge in [-0.25, -0.2) is 4.79 Å². The topological polar surface area (TPSA) is 118 Å². The summed E-state index contributed by atoms with van der Waals surface area (Å²) in [7, 11) is 1.53. The molecule has 10 heteroatoms. The minimum Gasteiger partial charge on any atom is -0.497 e. The van der Waals surface area contributed by atoms with Crippen LogP contribution in [0.5, 0.6) is 5.75 Å². The Hall–Kier alpha value is -3.82. The van der Waals surface area contributed by atoms with E-state index in [2.05, 4.69) is 5.32 Å². The van der Waals surface area contributed by atoms with Gasteiger partial charge < -0.3 is 23.7 Å². The molecule has 4 heterocycles. The highest BCUT2D eigenvalue weighted by Gasteiger charge is 2.53. The van der Waals surface area contributed by atoms with E-state index in [4.69, 9.17) is 13.9 Å². The second kappa shape index (κ2) is 8.19. The SMILES string of the molecule is CCOC(=O)N1CCc2cc([C@]3(CN4Cc5ccc(OC)cc5C4=O)CC(=O)NC3=O)oc2C1. The van der Waals surface area contributed by atoms with Crippen LogP contribution in [0.25, 0.3) is 0 Å². The molecule has 1 fully saturated rings. The van der Waals surface area contributed by atoms with Crippen molar-refractivity contribution in [2.24, 2.45) is 0 Å². The van der Waals surface area contributed by atoms with E-state index >= 15 is 0 Å². The van der Waals surface area contributed by atoms with Gasteiger partial charge in [-0.3, -0.25) is 19.7 Å². The van der Waals surface area contributed by atoms with Gasteiger partial charge in [0.25, 0.3) is 5.91 Å². The summed E-state index contributed by atoms with van der Waals surface area (Å²) in [4.78, 5) is 53.8. The van der Waals surface area contributed by atoms with Crippen molar-refractivity contribution in [2.45, 2.75) is 38.3 Å². The number of carbonyl (C=O) groups excluding carboxylic acids is 4. The Kier molecular flexibility index (Phi) is 5.30. The Morgan fingerprint density at radius 1 is 1.18 bits per heavy atom. The lowest BCUT2D eigenvalue weighted by Gasteiger charge is -2.28. The number of rotatable bonds is 5. The van der Waals surface area contributed by atoms with Crippen molar-refractivity contribution in [1.82, 2.24) is 15.1 Å². The van der Waals surface area contributed by atoms with E-state index in [1.165, 1.54) is 7.11 Å². The molecule has 5 rings (SSSR count). The van der Waals surface area contributed by atoms with Crippen LogP contribution >= 0.6 is 0 Å². The number of furan rings is 1. The van der Waals surface area contributed by atoms with Crippen LogP contribution in [-0.4, -0.2) is 60.4 Å². The molecule has 178 valence electrons. The number of hydrogen-bond acceptors (Lipinski definition) is 7. The highest BCUT2D eigenvalue weighted by atomic mass is 16.6. The van der Waals surface area contributed by atoms with Crippen LogP contribution in [-0.2, 0) is 39.3 Å². The van der Waals surface area contributed by atoms with Gasteiger partial charge in [0.05, 0.1) is 26.7 Å². The predicted octanol–water partition coefficient (Wildman–Crippen LogP) is 1.74. The number of benzene rings is 1. The molecule has 0 spiro atoms. The third kappa shape index (κ3) is 3.49. The first-order valence-corrected chi connectivity index (χ1v) is 11.2. The van der Waals surface area contributed by atoms with Crippen LogP contribution in [0.4, 0.5) is 4.79 Å². The lowest BCUT2D eigenvalue weighted by Crippen LogP contribution is -2.46. The largest absolute Gasteiger partial charge is 0.497 e. The number of nitrogens with zero attached hydrogens (tertiary/aromatic N) is 2. The fraction of sp³-hybridized carbons (Fsp3) is 0.417. The van der Waals surface area contributed by atoms with E-state index < -0.39 is 23.3 Å². The Labute approximate surface area is 195 Å². The highest BCUT2D eigenvalue weighted by Crippen LogP contribution is 2.39. The van der Waals surface area contributed by atoms with Gasteiger partial charge in [-0.05, 0) is 42.7 Å². The van der Waals surface area contributed by atoms with Crippen molar-refractivity contribution in [3.63, 3.8) is 0 Å². The van der Waals surface area contributed by atoms with Crippen LogP contribution in [0.1, 0.15) is 46.3 Å². The summed E-state index contributed by atoms with van der Waals surface area (Å²) in [6.45, 7) is 3.01. The number of nitrogens with one attached hydrogen (secondary N) is 1. The number of methoxy groups -OCH3 is 1. The molecule has 1 aromatic heterocycles. The van der Waals surface area contributed by atoms with Crippen LogP contribution in [0.15, 0.2) is 28.7 Å². The molecule has 0 saturated carbocycles. The Bertz CT molecular complexity index is 1200.